The number of aliphatic hydroxyl groups is 1. The van der Waals surface area contributed by atoms with Crippen molar-refractivity contribution in [3.8, 4) is 0 Å². The average molecular weight is 241 g/mol. The minimum Gasteiger partial charge on any atom is -0.394 e. The number of amides is 1. The number of aliphatic hydroxyl groups excluding tert-OH is 1. The molecule has 1 heterocycles. The molecule has 7 heteroatoms. The molecule has 1 rings (SSSR count). The number of hydrogen-bond donors (Lipinski definition) is 3. The van der Waals surface area contributed by atoms with Gasteiger partial charge in [-0.3, -0.25) is 4.79 Å². The maximum absolute atomic E-state index is 11.6. The second kappa shape index (κ2) is 6.31. The third-order valence-electron chi connectivity index (χ3n) is 2.45. The molecule has 0 aliphatic heterocycles. The monoisotopic (exact) mass is 241 g/mol. The van der Waals surface area contributed by atoms with Crippen molar-refractivity contribution in [1.82, 2.24) is 20.3 Å². The molecule has 0 aliphatic carbocycles. The number of carbonyl (C=O) groups is 1. The molecule has 4 N–H and O–H groups in total. The number of rotatable bonds is 6. The molecule has 96 valence electrons. The molecular weight excluding hydrogens is 222 g/mol. The largest absolute Gasteiger partial charge is 0.394 e. The van der Waals surface area contributed by atoms with Crippen molar-refractivity contribution in [3.05, 3.63) is 11.9 Å². The lowest BCUT2D eigenvalue weighted by molar-refractivity contribution is -0.123. The molecule has 1 aromatic rings. The van der Waals surface area contributed by atoms with Crippen LogP contribution in [0.2, 0.25) is 0 Å². The molecule has 1 aromatic heterocycles. The van der Waals surface area contributed by atoms with Gasteiger partial charge in [0.2, 0.25) is 5.91 Å². The predicted molar refractivity (Wildman–Crippen MR) is 61.8 cm³/mol. The number of carbonyl (C=O) groups excluding carboxylic acids is 1. The highest BCUT2D eigenvalue weighted by atomic mass is 16.3. The van der Waals surface area contributed by atoms with Gasteiger partial charge in [0, 0.05) is 6.54 Å². The maximum Gasteiger partial charge on any atom is 0.242 e. The second-order valence-corrected chi connectivity index (χ2v) is 4.21. The zero-order chi connectivity index (χ0) is 12.8. The Balaban J connectivity index is 2.48. The zero-order valence-electron chi connectivity index (χ0n) is 10.1. The number of aromatic nitrogens is 3. The molecule has 1 atom stereocenters. The van der Waals surface area contributed by atoms with Gasteiger partial charge < -0.3 is 16.2 Å². The molecule has 0 radical (unpaired) electrons. The van der Waals surface area contributed by atoms with Gasteiger partial charge in [0.25, 0.3) is 0 Å². The highest BCUT2D eigenvalue weighted by Gasteiger charge is 2.15. The van der Waals surface area contributed by atoms with Gasteiger partial charge >= 0.3 is 0 Å². The fraction of sp³-hybridized carbons (Fsp3) is 0.700. The van der Waals surface area contributed by atoms with E-state index in [2.05, 4.69) is 15.6 Å². The van der Waals surface area contributed by atoms with E-state index >= 15 is 0 Å². The van der Waals surface area contributed by atoms with Crippen LogP contribution in [0.5, 0.6) is 0 Å². The summed E-state index contributed by atoms with van der Waals surface area (Å²) in [6.45, 7) is 4.17. The SMILES string of the molecule is CC(C)C(CO)NC(=O)Cn1cc(CN)nn1. The van der Waals surface area contributed by atoms with Crippen molar-refractivity contribution in [3.63, 3.8) is 0 Å². The van der Waals surface area contributed by atoms with Gasteiger partial charge in [0.15, 0.2) is 0 Å². The van der Waals surface area contributed by atoms with Crippen LogP contribution < -0.4 is 11.1 Å². The number of nitrogens with zero attached hydrogens (tertiary/aromatic N) is 3. The van der Waals surface area contributed by atoms with E-state index in [1.165, 1.54) is 4.68 Å². The molecule has 17 heavy (non-hydrogen) atoms. The predicted octanol–water partition coefficient (Wildman–Crippen LogP) is -1.13. The molecule has 0 fully saturated rings. The van der Waals surface area contributed by atoms with Crippen molar-refractivity contribution >= 4 is 5.91 Å². The van der Waals surface area contributed by atoms with Crippen molar-refractivity contribution in [2.24, 2.45) is 11.7 Å². The molecule has 7 nitrogen and oxygen atoms in total. The van der Waals surface area contributed by atoms with E-state index in [1.807, 2.05) is 13.8 Å². The molecule has 0 spiro atoms. The first-order valence-electron chi connectivity index (χ1n) is 5.56. The summed E-state index contributed by atoms with van der Waals surface area (Å²) in [5.41, 5.74) is 6.03. The molecule has 0 aromatic carbocycles. The lowest BCUT2D eigenvalue weighted by Crippen LogP contribution is -2.42. The number of nitrogens with two attached hydrogens (primary N) is 1. The Kier molecular flexibility index (Phi) is 5.05. The fourth-order valence-corrected chi connectivity index (χ4v) is 1.33. The standard InChI is InChI=1S/C10H19N5O2/c1-7(2)9(6-16)12-10(17)5-15-4-8(3-11)13-14-15/h4,7,9,16H,3,5-6,11H2,1-2H3,(H,12,17). The molecule has 0 bridgehead atoms. The third kappa shape index (κ3) is 4.12. The van der Waals surface area contributed by atoms with Crippen LogP contribution in [0.4, 0.5) is 0 Å². The molecule has 1 amide bonds. The Bertz CT molecular complexity index is 363. The summed E-state index contributed by atoms with van der Waals surface area (Å²) in [6, 6.07) is -0.236. The lowest BCUT2D eigenvalue weighted by atomic mass is 10.1. The first kappa shape index (κ1) is 13.6. The fourth-order valence-electron chi connectivity index (χ4n) is 1.33. The smallest absolute Gasteiger partial charge is 0.242 e. The summed E-state index contributed by atoms with van der Waals surface area (Å²) in [6.07, 6.45) is 1.63. The molecule has 0 aliphatic rings. The summed E-state index contributed by atoms with van der Waals surface area (Å²) in [5, 5.41) is 19.4. The van der Waals surface area contributed by atoms with Crippen molar-refractivity contribution in [1.29, 1.82) is 0 Å². The van der Waals surface area contributed by atoms with Crippen LogP contribution in [0, 0.1) is 5.92 Å². The van der Waals surface area contributed by atoms with Crippen LogP contribution in [0.15, 0.2) is 6.20 Å². The van der Waals surface area contributed by atoms with E-state index in [0.717, 1.165) is 0 Å². The third-order valence-corrected chi connectivity index (χ3v) is 2.45. The number of hydrogen-bond acceptors (Lipinski definition) is 5. The van der Waals surface area contributed by atoms with Crippen LogP contribution in [0.25, 0.3) is 0 Å². The Morgan fingerprint density at radius 3 is 2.82 bits per heavy atom. The average Bonchev–Trinajstić information content (AvgIpc) is 2.73. The Morgan fingerprint density at radius 2 is 2.35 bits per heavy atom. The summed E-state index contributed by atoms with van der Waals surface area (Å²) in [7, 11) is 0. The molecule has 0 saturated carbocycles. The van der Waals surface area contributed by atoms with Gasteiger partial charge in [-0.15, -0.1) is 5.10 Å². The van der Waals surface area contributed by atoms with E-state index < -0.39 is 0 Å². The van der Waals surface area contributed by atoms with E-state index in [9.17, 15) is 4.79 Å². The summed E-state index contributed by atoms with van der Waals surface area (Å²) < 4.78 is 1.42. The minimum atomic E-state index is -0.236. The van der Waals surface area contributed by atoms with Crippen LogP contribution in [-0.2, 0) is 17.9 Å². The van der Waals surface area contributed by atoms with Crippen LogP contribution in [0.3, 0.4) is 0 Å². The first-order chi connectivity index (χ1) is 8.06. The maximum atomic E-state index is 11.6. The van der Waals surface area contributed by atoms with Crippen LogP contribution in [0.1, 0.15) is 19.5 Å². The lowest BCUT2D eigenvalue weighted by Gasteiger charge is -2.19. The summed E-state index contributed by atoms with van der Waals surface area (Å²) in [4.78, 5) is 11.6. The van der Waals surface area contributed by atoms with Crippen molar-refractivity contribution in [2.75, 3.05) is 6.61 Å². The Hall–Kier alpha value is -1.47. The van der Waals surface area contributed by atoms with Crippen LogP contribution in [-0.4, -0.2) is 38.7 Å². The van der Waals surface area contributed by atoms with Gasteiger partial charge in [0.1, 0.15) is 6.54 Å². The van der Waals surface area contributed by atoms with Crippen LogP contribution >= 0.6 is 0 Å². The summed E-state index contributed by atoms with van der Waals surface area (Å²) in [5.74, 6) is -0.0227. The number of nitrogens with one attached hydrogen (secondary N) is 1. The second-order valence-electron chi connectivity index (χ2n) is 4.21. The minimum absolute atomic E-state index is 0.0746. The van der Waals surface area contributed by atoms with Gasteiger partial charge in [-0.25, -0.2) is 4.68 Å². The highest BCUT2D eigenvalue weighted by molar-refractivity contribution is 5.75. The topological polar surface area (TPSA) is 106 Å². The van der Waals surface area contributed by atoms with Gasteiger partial charge in [-0.05, 0) is 5.92 Å². The molecule has 1 unspecified atom stereocenters. The van der Waals surface area contributed by atoms with E-state index in [0.29, 0.717) is 12.2 Å². The Labute approximate surface area is 100.0 Å². The van der Waals surface area contributed by atoms with Crippen molar-refractivity contribution < 1.29 is 9.90 Å². The quantitative estimate of drug-likeness (QED) is 0.584. The van der Waals surface area contributed by atoms with Gasteiger partial charge in [-0.2, -0.15) is 0 Å². The normalized spacial score (nSPS) is 12.8. The highest BCUT2D eigenvalue weighted by Crippen LogP contribution is 2.00. The van der Waals surface area contributed by atoms with E-state index in [1.54, 1.807) is 6.20 Å². The summed E-state index contributed by atoms with van der Waals surface area (Å²) >= 11 is 0. The van der Waals surface area contributed by atoms with Crippen molar-refractivity contribution in [2.45, 2.75) is 33.0 Å². The Morgan fingerprint density at radius 1 is 1.65 bits per heavy atom. The van der Waals surface area contributed by atoms with E-state index in [-0.39, 0.29) is 31.0 Å². The molecule has 0 saturated heterocycles. The first-order valence-corrected chi connectivity index (χ1v) is 5.56. The van der Waals surface area contributed by atoms with Gasteiger partial charge in [0.05, 0.1) is 24.5 Å². The van der Waals surface area contributed by atoms with Gasteiger partial charge in [-0.1, -0.05) is 19.1 Å². The van der Waals surface area contributed by atoms with E-state index in [4.69, 9.17) is 10.8 Å². The molecular formula is C10H19N5O2. The zero-order valence-corrected chi connectivity index (χ0v) is 10.1.